The number of nitrogens with one attached hydrogen (secondary N) is 1. The molecule has 1 heterocycles. The van der Waals surface area contributed by atoms with Gasteiger partial charge in [-0.25, -0.2) is 0 Å². The van der Waals surface area contributed by atoms with Crippen molar-refractivity contribution in [2.45, 2.75) is 45.6 Å². The molecule has 1 aliphatic heterocycles. The number of amides is 2. The Labute approximate surface area is 121 Å². The van der Waals surface area contributed by atoms with E-state index in [4.69, 9.17) is 0 Å². The second-order valence-corrected chi connectivity index (χ2v) is 5.87. The second kappa shape index (κ2) is 7.07. The molecule has 2 atom stereocenters. The van der Waals surface area contributed by atoms with Gasteiger partial charge in [-0.1, -0.05) is 13.3 Å². The van der Waals surface area contributed by atoms with Crippen molar-refractivity contribution in [3.05, 3.63) is 0 Å². The van der Waals surface area contributed by atoms with Crippen molar-refractivity contribution in [3.8, 4) is 0 Å². The third kappa shape index (κ3) is 3.51. The minimum atomic E-state index is 0.0850. The van der Waals surface area contributed by atoms with E-state index in [1.165, 1.54) is 19.3 Å². The van der Waals surface area contributed by atoms with E-state index < -0.39 is 0 Å². The fourth-order valence-corrected chi connectivity index (χ4v) is 3.43. The van der Waals surface area contributed by atoms with Crippen LogP contribution in [0.2, 0.25) is 0 Å². The van der Waals surface area contributed by atoms with Crippen LogP contribution in [0.3, 0.4) is 0 Å². The van der Waals surface area contributed by atoms with Gasteiger partial charge < -0.3 is 15.1 Å². The molecule has 1 saturated heterocycles. The molecular weight excluding hydrogens is 254 g/mol. The average molecular weight is 281 g/mol. The monoisotopic (exact) mass is 281 g/mol. The van der Waals surface area contributed by atoms with Crippen molar-refractivity contribution >= 4 is 11.8 Å². The summed E-state index contributed by atoms with van der Waals surface area (Å²) in [6.45, 7) is 6.95. The lowest BCUT2D eigenvalue weighted by Crippen LogP contribution is -2.54. The molecule has 2 fully saturated rings. The molecule has 2 unspecified atom stereocenters. The zero-order valence-electron chi connectivity index (χ0n) is 12.7. The number of carbonyl (C=O) groups is 2. The van der Waals surface area contributed by atoms with Crippen LogP contribution < -0.4 is 5.32 Å². The summed E-state index contributed by atoms with van der Waals surface area (Å²) < 4.78 is 0. The van der Waals surface area contributed by atoms with Crippen LogP contribution >= 0.6 is 0 Å². The Bertz CT molecular complexity index is 359. The van der Waals surface area contributed by atoms with Gasteiger partial charge in [-0.05, 0) is 38.6 Å². The lowest BCUT2D eigenvalue weighted by molar-refractivity contribution is -0.150. The maximum Gasteiger partial charge on any atom is 0.242 e. The quantitative estimate of drug-likeness (QED) is 0.785. The maximum atomic E-state index is 12.0. The first-order valence-corrected chi connectivity index (χ1v) is 7.94. The summed E-state index contributed by atoms with van der Waals surface area (Å²) in [5.41, 5.74) is 0. The fraction of sp³-hybridized carbons (Fsp3) is 0.867. The van der Waals surface area contributed by atoms with Gasteiger partial charge in [0.2, 0.25) is 11.8 Å². The van der Waals surface area contributed by atoms with Crippen LogP contribution in [0.1, 0.15) is 39.5 Å². The van der Waals surface area contributed by atoms with Crippen LogP contribution in [0.5, 0.6) is 0 Å². The molecule has 20 heavy (non-hydrogen) atoms. The lowest BCUT2D eigenvalue weighted by atomic mass is 9.99. The van der Waals surface area contributed by atoms with Gasteiger partial charge in [-0.15, -0.1) is 0 Å². The van der Waals surface area contributed by atoms with Gasteiger partial charge in [0.15, 0.2) is 0 Å². The van der Waals surface area contributed by atoms with Crippen molar-refractivity contribution < 1.29 is 9.59 Å². The number of nitrogens with zero attached hydrogens (tertiary/aromatic N) is 2. The Balaban J connectivity index is 1.81. The third-order valence-electron chi connectivity index (χ3n) is 4.63. The Hall–Kier alpha value is -1.10. The highest BCUT2D eigenvalue weighted by molar-refractivity contribution is 5.92. The fourth-order valence-electron chi connectivity index (χ4n) is 3.43. The summed E-state index contributed by atoms with van der Waals surface area (Å²) in [6.07, 6.45) is 4.78. The first kappa shape index (κ1) is 15.3. The summed E-state index contributed by atoms with van der Waals surface area (Å²) in [6, 6.07) is 0.600. The molecule has 1 aliphatic carbocycles. The largest absolute Gasteiger partial charge is 0.332 e. The molecule has 5 heteroatoms. The van der Waals surface area contributed by atoms with E-state index in [1.807, 2.05) is 6.92 Å². The van der Waals surface area contributed by atoms with Crippen LogP contribution in [-0.2, 0) is 9.59 Å². The summed E-state index contributed by atoms with van der Waals surface area (Å²) in [4.78, 5) is 27.3. The standard InChI is InChI=1S/C15H27N3O2/c1-3-16-13-7-5-6-12(13)8-9-18-11-14(19)17(4-2)10-15(18)20/h12-13,16H,3-11H2,1-2H3. The number of likely N-dealkylation sites (N-methyl/N-ethyl adjacent to an activating group) is 1. The zero-order valence-corrected chi connectivity index (χ0v) is 12.7. The number of hydrogen-bond donors (Lipinski definition) is 1. The smallest absolute Gasteiger partial charge is 0.242 e. The molecule has 0 bridgehead atoms. The van der Waals surface area contributed by atoms with Gasteiger partial charge in [0, 0.05) is 19.1 Å². The van der Waals surface area contributed by atoms with Crippen molar-refractivity contribution in [2.75, 3.05) is 32.7 Å². The summed E-state index contributed by atoms with van der Waals surface area (Å²) in [5.74, 6) is 0.841. The third-order valence-corrected chi connectivity index (χ3v) is 4.63. The molecule has 1 N–H and O–H groups in total. The SMILES string of the molecule is CCNC1CCCC1CCN1CC(=O)N(CC)CC1=O. The van der Waals surface area contributed by atoms with Gasteiger partial charge in [0.05, 0.1) is 13.1 Å². The van der Waals surface area contributed by atoms with Crippen LogP contribution in [0.25, 0.3) is 0 Å². The molecular formula is C15H27N3O2. The Kier molecular flexibility index (Phi) is 5.40. The van der Waals surface area contributed by atoms with Gasteiger partial charge in [0.25, 0.3) is 0 Å². The maximum absolute atomic E-state index is 12.0. The summed E-state index contributed by atoms with van der Waals surface area (Å²) in [7, 11) is 0. The van der Waals surface area contributed by atoms with E-state index in [0.717, 1.165) is 19.5 Å². The zero-order chi connectivity index (χ0) is 14.5. The number of piperazine rings is 1. The first-order chi connectivity index (χ1) is 9.65. The van der Waals surface area contributed by atoms with Crippen molar-refractivity contribution in [1.82, 2.24) is 15.1 Å². The highest BCUT2D eigenvalue weighted by atomic mass is 16.2. The van der Waals surface area contributed by atoms with Crippen LogP contribution in [0, 0.1) is 5.92 Å². The van der Waals surface area contributed by atoms with E-state index in [-0.39, 0.29) is 24.9 Å². The molecule has 2 aliphatic rings. The van der Waals surface area contributed by atoms with Crippen LogP contribution in [-0.4, -0.2) is 60.4 Å². The van der Waals surface area contributed by atoms with Gasteiger partial charge in [-0.2, -0.15) is 0 Å². The van der Waals surface area contributed by atoms with Gasteiger partial charge in [0.1, 0.15) is 0 Å². The van der Waals surface area contributed by atoms with E-state index in [9.17, 15) is 9.59 Å². The Morgan fingerprint density at radius 1 is 1.10 bits per heavy atom. The molecule has 2 rings (SSSR count). The van der Waals surface area contributed by atoms with E-state index in [0.29, 0.717) is 18.5 Å². The molecule has 0 radical (unpaired) electrons. The van der Waals surface area contributed by atoms with Gasteiger partial charge >= 0.3 is 0 Å². The highest BCUT2D eigenvalue weighted by Gasteiger charge is 2.31. The lowest BCUT2D eigenvalue weighted by Gasteiger charge is -2.34. The van der Waals surface area contributed by atoms with Crippen molar-refractivity contribution in [3.63, 3.8) is 0 Å². The molecule has 0 aromatic carbocycles. The number of rotatable bonds is 6. The number of carbonyl (C=O) groups excluding carboxylic acids is 2. The molecule has 5 nitrogen and oxygen atoms in total. The normalized spacial score (nSPS) is 27.5. The Morgan fingerprint density at radius 3 is 2.50 bits per heavy atom. The number of hydrogen-bond acceptors (Lipinski definition) is 3. The minimum absolute atomic E-state index is 0.0850. The van der Waals surface area contributed by atoms with E-state index >= 15 is 0 Å². The molecule has 114 valence electrons. The van der Waals surface area contributed by atoms with Crippen LogP contribution in [0.15, 0.2) is 0 Å². The van der Waals surface area contributed by atoms with Gasteiger partial charge in [-0.3, -0.25) is 9.59 Å². The summed E-state index contributed by atoms with van der Waals surface area (Å²) >= 11 is 0. The van der Waals surface area contributed by atoms with Crippen molar-refractivity contribution in [2.24, 2.45) is 5.92 Å². The molecule has 1 saturated carbocycles. The summed E-state index contributed by atoms with van der Waals surface area (Å²) in [5, 5.41) is 3.54. The van der Waals surface area contributed by atoms with Crippen LogP contribution in [0.4, 0.5) is 0 Å². The topological polar surface area (TPSA) is 52.7 Å². The highest BCUT2D eigenvalue weighted by Crippen LogP contribution is 2.28. The predicted octanol–water partition coefficient (Wildman–Crippen LogP) is 0.845. The van der Waals surface area contributed by atoms with E-state index in [1.54, 1.807) is 9.80 Å². The average Bonchev–Trinajstić information content (AvgIpc) is 2.87. The molecule has 0 spiro atoms. The molecule has 0 aromatic rings. The predicted molar refractivity (Wildman–Crippen MR) is 78.3 cm³/mol. The molecule has 2 amide bonds. The first-order valence-electron chi connectivity index (χ1n) is 7.94. The minimum Gasteiger partial charge on any atom is -0.332 e. The van der Waals surface area contributed by atoms with Crippen molar-refractivity contribution in [1.29, 1.82) is 0 Å². The second-order valence-electron chi connectivity index (χ2n) is 5.87. The molecule has 0 aromatic heterocycles. The Morgan fingerprint density at radius 2 is 1.80 bits per heavy atom. The van der Waals surface area contributed by atoms with E-state index in [2.05, 4.69) is 12.2 Å².